The summed E-state index contributed by atoms with van der Waals surface area (Å²) in [7, 11) is 1.65. The van der Waals surface area contributed by atoms with E-state index in [-0.39, 0.29) is 6.10 Å². The van der Waals surface area contributed by atoms with Crippen molar-refractivity contribution in [1.29, 1.82) is 5.26 Å². The van der Waals surface area contributed by atoms with Crippen LogP contribution in [0.3, 0.4) is 0 Å². The molecule has 1 atom stereocenters. The van der Waals surface area contributed by atoms with E-state index in [2.05, 4.69) is 11.0 Å². The number of methoxy groups -OCH3 is 1. The van der Waals surface area contributed by atoms with Gasteiger partial charge in [-0.05, 0) is 18.2 Å². The molecule has 0 bridgehead atoms. The zero-order chi connectivity index (χ0) is 13.7. The lowest BCUT2D eigenvalue weighted by molar-refractivity contribution is -0.0262. The number of hydrogen-bond donors (Lipinski definition) is 1. The molecule has 0 radical (unpaired) electrons. The molecule has 0 spiro atoms. The van der Waals surface area contributed by atoms with E-state index in [1.807, 2.05) is 12.1 Å². The van der Waals surface area contributed by atoms with E-state index in [4.69, 9.17) is 20.5 Å². The van der Waals surface area contributed by atoms with Crippen molar-refractivity contribution in [2.24, 2.45) is 5.73 Å². The van der Waals surface area contributed by atoms with Gasteiger partial charge in [0.1, 0.15) is 5.75 Å². The van der Waals surface area contributed by atoms with Gasteiger partial charge in [-0.2, -0.15) is 5.26 Å². The molecule has 1 heterocycles. The van der Waals surface area contributed by atoms with Crippen LogP contribution in [0.25, 0.3) is 0 Å². The van der Waals surface area contributed by atoms with Crippen LogP contribution in [0.5, 0.6) is 5.75 Å². The minimum Gasteiger partial charge on any atom is -0.496 e. The number of nitriles is 1. The van der Waals surface area contributed by atoms with E-state index in [9.17, 15) is 0 Å². The second-order valence-corrected chi connectivity index (χ2v) is 4.60. The molecule has 102 valence electrons. The summed E-state index contributed by atoms with van der Waals surface area (Å²) < 4.78 is 10.9. The molecule has 0 amide bonds. The Hall–Kier alpha value is -1.61. The smallest absolute Gasteiger partial charge is 0.123 e. The average molecular weight is 261 g/mol. The molecule has 1 aliphatic rings. The molecule has 0 aromatic heterocycles. The van der Waals surface area contributed by atoms with Crippen molar-refractivity contribution >= 4 is 0 Å². The highest BCUT2D eigenvalue weighted by Crippen LogP contribution is 2.22. The van der Waals surface area contributed by atoms with Crippen LogP contribution in [0.2, 0.25) is 0 Å². The molecular formula is C14H19N3O2. The number of nitrogens with zero attached hydrogens (tertiary/aromatic N) is 2. The molecule has 0 saturated carbocycles. The van der Waals surface area contributed by atoms with Crippen molar-refractivity contribution in [3.8, 4) is 11.8 Å². The highest BCUT2D eigenvalue weighted by Gasteiger charge is 2.20. The maximum Gasteiger partial charge on any atom is 0.123 e. The summed E-state index contributed by atoms with van der Waals surface area (Å²) >= 11 is 0. The lowest BCUT2D eigenvalue weighted by Gasteiger charge is -2.32. The first-order chi connectivity index (χ1) is 9.26. The molecule has 5 nitrogen and oxygen atoms in total. The van der Waals surface area contributed by atoms with Crippen LogP contribution in [0.1, 0.15) is 11.1 Å². The number of rotatable bonds is 4. The standard InChI is InChI=1S/C14H19N3O2/c1-18-14-3-2-11(7-15)6-12(14)9-17-4-5-19-13(8-16)10-17/h2-3,6,13H,4-5,8-10,16H2,1H3. The molecule has 5 heteroatoms. The zero-order valence-electron chi connectivity index (χ0n) is 11.1. The first-order valence-electron chi connectivity index (χ1n) is 6.38. The van der Waals surface area contributed by atoms with E-state index in [0.717, 1.165) is 30.9 Å². The second kappa shape index (κ2) is 6.53. The Bertz CT molecular complexity index is 470. The summed E-state index contributed by atoms with van der Waals surface area (Å²) in [6.07, 6.45) is 0.0962. The van der Waals surface area contributed by atoms with Crippen molar-refractivity contribution in [3.63, 3.8) is 0 Å². The van der Waals surface area contributed by atoms with E-state index < -0.39 is 0 Å². The van der Waals surface area contributed by atoms with Crippen molar-refractivity contribution in [2.45, 2.75) is 12.6 Å². The Morgan fingerprint density at radius 3 is 3.11 bits per heavy atom. The maximum atomic E-state index is 8.97. The number of ether oxygens (including phenoxy) is 2. The van der Waals surface area contributed by atoms with Gasteiger partial charge in [0, 0.05) is 31.7 Å². The molecule has 2 N–H and O–H groups in total. The molecule has 1 unspecified atom stereocenters. The van der Waals surface area contributed by atoms with Crippen molar-refractivity contribution in [3.05, 3.63) is 29.3 Å². The molecule has 0 aliphatic carbocycles. The first-order valence-corrected chi connectivity index (χ1v) is 6.38. The van der Waals surface area contributed by atoms with Crippen LogP contribution in [-0.2, 0) is 11.3 Å². The largest absolute Gasteiger partial charge is 0.496 e. The molecule has 1 aliphatic heterocycles. The van der Waals surface area contributed by atoms with Crippen LogP contribution in [0.4, 0.5) is 0 Å². The van der Waals surface area contributed by atoms with Crippen molar-refractivity contribution < 1.29 is 9.47 Å². The van der Waals surface area contributed by atoms with Gasteiger partial charge >= 0.3 is 0 Å². The average Bonchev–Trinajstić information content (AvgIpc) is 2.47. The predicted octanol–water partition coefficient (Wildman–Crippen LogP) is 0.726. The minimum atomic E-state index is 0.0962. The Kier molecular flexibility index (Phi) is 4.74. The van der Waals surface area contributed by atoms with Gasteiger partial charge < -0.3 is 15.2 Å². The van der Waals surface area contributed by atoms with Crippen LogP contribution in [0.15, 0.2) is 18.2 Å². The number of nitrogens with two attached hydrogens (primary N) is 1. The lowest BCUT2D eigenvalue weighted by Crippen LogP contribution is -2.45. The zero-order valence-corrected chi connectivity index (χ0v) is 11.1. The van der Waals surface area contributed by atoms with E-state index >= 15 is 0 Å². The summed E-state index contributed by atoms with van der Waals surface area (Å²) in [6, 6.07) is 7.65. The summed E-state index contributed by atoms with van der Waals surface area (Å²) in [6.45, 7) is 3.67. The second-order valence-electron chi connectivity index (χ2n) is 4.60. The molecular weight excluding hydrogens is 242 g/mol. The fraction of sp³-hybridized carbons (Fsp3) is 0.500. The molecule has 1 aromatic rings. The highest BCUT2D eigenvalue weighted by molar-refractivity contribution is 5.42. The number of morpholine rings is 1. The Morgan fingerprint density at radius 1 is 1.58 bits per heavy atom. The van der Waals surface area contributed by atoms with Crippen molar-refractivity contribution in [2.75, 3.05) is 33.4 Å². The van der Waals surface area contributed by atoms with Gasteiger partial charge in [-0.15, -0.1) is 0 Å². The van der Waals surface area contributed by atoms with E-state index in [1.54, 1.807) is 13.2 Å². The van der Waals surface area contributed by atoms with Gasteiger partial charge in [-0.3, -0.25) is 4.90 Å². The fourth-order valence-corrected chi connectivity index (χ4v) is 2.28. The van der Waals surface area contributed by atoms with Crippen LogP contribution >= 0.6 is 0 Å². The van der Waals surface area contributed by atoms with Crippen LogP contribution in [0, 0.1) is 11.3 Å². The Balaban J connectivity index is 2.11. The monoisotopic (exact) mass is 261 g/mol. The molecule has 1 aromatic carbocycles. The SMILES string of the molecule is COc1ccc(C#N)cc1CN1CCOC(CN)C1. The lowest BCUT2D eigenvalue weighted by atomic mass is 10.1. The third kappa shape index (κ3) is 3.44. The van der Waals surface area contributed by atoms with E-state index in [1.165, 1.54) is 0 Å². The van der Waals surface area contributed by atoms with Gasteiger partial charge in [0.05, 0.1) is 31.5 Å². The van der Waals surface area contributed by atoms with Crippen LogP contribution < -0.4 is 10.5 Å². The third-order valence-electron chi connectivity index (χ3n) is 3.29. The van der Waals surface area contributed by atoms with Crippen LogP contribution in [-0.4, -0.2) is 44.4 Å². The molecule has 2 rings (SSSR count). The highest BCUT2D eigenvalue weighted by atomic mass is 16.5. The predicted molar refractivity (Wildman–Crippen MR) is 71.8 cm³/mol. The molecule has 19 heavy (non-hydrogen) atoms. The Labute approximate surface area is 113 Å². The minimum absolute atomic E-state index is 0.0962. The first kappa shape index (κ1) is 13.8. The fourth-order valence-electron chi connectivity index (χ4n) is 2.28. The van der Waals surface area contributed by atoms with E-state index in [0.29, 0.717) is 18.7 Å². The van der Waals surface area contributed by atoms with Gasteiger partial charge in [0.2, 0.25) is 0 Å². The van der Waals surface area contributed by atoms with Gasteiger partial charge in [-0.25, -0.2) is 0 Å². The Morgan fingerprint density at radius 2 is 2.42 bits per heavy atom. The molecule has 1 fully saturated rings. The molecule has 1 saturated heterocycles. The van der Waals surface area contributed by atoms with Crippen molar-refractivity contribution in [1.82, 2.24) is 4.90 Å². The summed E-state index contributed by atoms with van der Waals surface area (Å²) in [5.74, 6) is 0.815. The van der Waals surface area contributed by atoms with Gasteiger partial charge in [-0.1, -0.05) is 0 Å². The van der Waals surface area contributed by atoms with Gasteiger partial charge in [0.15, 0.2) is 0 Å². The third-order valence-corrected chi connectivity index (χ3v) is 3.29. The maximum absolute atomic E-state index is 8.97. The summed E-state index contributed by atoms with van der Waals surface area (Å²) in [5, 5.41) is 8.97. The summed E-state index contributed by atoms with van der Waals surface area (Å²) in [4.78, 5) is 2.28. The number of benzene rings is 1. The quantitative estimate of drug-likeness (QED) is 0.865. The number of hydrogen-bond acceptors (Lipinski definition) is 5. The van der Waals surface area contributed by atoms with Gasteiger partial charge in [0.25, 0.3) is 0 Å². The summed E-state index contributed by atoms with van der Waals surface area (Å²) in [5.41, 5.74) is 7.32. The normalized spacial score (nSPS) is 19.9. The topological polar surface area (TPSA) is 71.5 Å².